The molecule has 0 unspecified atom stereocenters. The molecule has 0 radical (unpaired) electrons. The van der Waals surface area contributed by atoms with Crippen LogP contribution >= 0.6 is 0 Å². The summed E-state index contributed by atoms with van der Waals surface area (Å²) in [4.78, 5) is 38.9. The number of aromatic nitrogens is 2. The molecule has 0 saturated carbocycles. The van der Waals surface area contributed by atoms with Crippen molar-refractivity contribution in [2.45, 2.75) is 32.4 Å². The molecule has 0 bridgehead atoms. The predicted molar refractivity (Wildman–Crippen MR) is 87.2 cm³/mol. The number of imide groups is 1. The molecule has 24 heavy (non-hydrogen) atoms. The van der Waals surface area contributed by atoms with Crippen LogP contribution in [0.1, 0.15) is 19.2 Å². The fourth-order valence-corrected chi connectivity index (χ4v) is 2.84. The fraction of sp³-hybridized carbons (Fsp3) is 0.375. The Kier molecular flexibility index (Phi) is 4.45. The van der Waals surface area contributed by atoms with E-state index in [-0.39, 0.29) is 12.3 Å². The Balaban J connectivity index is 1.56. The molecule has 1 aliphatic rings. The average molecular weight is 329 g/mol. The maximum atomic E-state index is 11.9. The molecule has 1 aromatic heterocycles. The van der Waals surface area contributed by atoms with Gasteiger partial charge < -0.3 is 15.2 Å². The van der Waals surface area contributed by atoms with Crippen LogP contribution in [0.25, 0.3) is 11.0 Å². The Morgan fingerprint density at radius 2 is 2.12 bits per heavy atom. The molecule has 4 amide bonds. The van der Waals surface area contributed by atoms with E-state index in [1.54, 1.807) is 0 Å². The van der Waals surface area contributed by atoms with Gasteiger partial charge in [0, 0.05) is 19.5 Å². The Morgan fingerprint density at radius 1 is 1.33 bits per heavy atom. The number of benzene rings is 1. The molecule has 2 aromatic rings. The summed E-state index contributed by atoms with van der Waals surface area (Å²) in [6.07, 6.45) is 0.527. The topological polar surface area (TPSA) is 105 Å². The van der Waals surface area contributed by atoms with Crippen LogP contribution in [0.2, 0.25) is 0 Å². The zero-order valence-corrected chi connectivity index (χ0v) is 13.3. The van der Waals surface area contributed by atoms with Crippen molar-refractivity contribution in [3.05, 3.63) is 30.1 Å². The van der Waals surface area contributed by atoms with Gasteiger partial charge in [-0.25, -0.2) is 9.78 Å². The number of hydrogen-bond donors (Lipinski definition) is 3. The fourth-order valence-electron chi connectivity index (χ4n) is 2.84. The Bertz CT molecular complexity index is 798. The molecule has 8 heteroatoms. The number of carbonyl (C=O) groups is 3. The van der Waals surface area contributed by atoms with Crippen molar-refractivity contribution >= 4 is 28.9 Å². The van der Waals surface area contributed by atoms with E-state index < -0.39 is 18.0 Å². The average Bonchev–Trinajstić information content (AvgIpc) is 3.06. The summed E-state index contributed by atoms with van der Waals surface area (Å²) in [6.45, 7) is 3.28. The third-order valence-corrected chi connectivity index (χ3v) is 3.97. The summed E-state index contributed by atoms with van der Waals surface area (Å²) in [5.74, 6) is 0.158. The number of nitrogens with zero attached hydrogens (tertiary/aromatic N) is 2. The van der Waals surface area contributed by atoms with E-state index in [4.69, 9.17) is 0 Å². The number of imidazole rings is 1. The largest absolute Gasteiger partial charge is 0.356 e. The van der Waals surface area contributed by atoms with Gasteiger partial charge in [-0.1, -0.05) is 12.1 Å². The van der Waals surface area contributed by atoms with Crippen molar-refractivity contribution in [1.29, 1.82) is 0 Å². The minimum Gasteiger partial charge on any atom is -0.356 e. The standard InChI is InChI=1S/C16H19N5O3/c1-2-21-12-6-4-3-5-10(12)18-13(21)7-8-17-14(22)9-11-15(23)20-16(24)19-11/h3-6,11H,2,7-9H2,1H3,(H,17,22)(H2,19,20,23,24)/t11-/m0/s1. The molecule has 8 nitrogen and oxygen atoms in total. The number of carbonyl (C=O) groups excluding carboxylic acids is 3. The molecule has 3 N–H and O–H groups in total. The highest BCUT2D eigenvalue weighted by Crippen LogP contribution is 2.16. The first-order valence-electron chi connectivity index (χ1n) is 7.90. The lowest BCUT2D eigenvalue weighted by molar-refractivity contribution is -0.126. The first kappa shape index (κ1) is 16.0. The third kappa shape index (κ3) is 3.22. The molecule has 1 aromatic carbocycles. The second kappa shape index (κ2) is 6.69. The van der Waals surface area contributed by atoms with Gasteiger partial charge in [0.15, 0.2) is 0 Å². The minimum atomic E-state index is -0.794. The molecular weight excluding hydrogens is 310 g/mol. The number of fused-ring (bicyclic) bond motifs is 1. The zero-order valence-electron chi connectivity index (χ0n) is 13.3. The van der Waals surface area contributed by atoms with E-state index in [0.29, 0.717) is 13.0 Å². The van der Waals surface area contributed by atoms with Crippen molar-refractivity contribution < 1.29 is 14.4 Å². The maximum absolute atomic E-state index is 11.9. The van der Waals surface area contributed by atoms with E-state index >= 15 is 0 Å². The van der Waals surface area contributed by atoms with Gasteiger partial charge in [0.05, 0.1) is 17.5 Å². The van der Waals surface area contributed by atoms with E-state index in [0.717, 1.165) is 23.4 Å². The smallest absolute Gasteiger partial charge is 0.322 e. The highest BCUT2D eigenvalue weighted by atomic mass is 16.2. The van der Waals surface area contributed by atoms with Crippen LogP contribution < -0.4 is 16.0 Å². The summed E-state index contributed by atoms with van der Waals surface area (Å²) in [5, 5.41) is 7.27. The maximum Gasteiger partial charge on any atom is 0.322 e. The van der Waals surface area contributed by atoms with Crippen molar-refractivity contribution in [3.8, 4) is 0 Å². The number of aryl methyl sites for hydroxylation is 1. The second-order valence-corrected chi connectivity index (χ2v) is 5.58. The van der Waals surface area contributed by atoms with Gasteiger partial charge in [-0.2, -0.15) is 0 Å². The number of nitrogens with one attached hydrogen (secondary N) is 3. The lowest BCUT2D eigenvalue weighted by Crippen LogP contribution is -2.37. The van der Waals surface area contributed by atoms with Gasteiger partial charge in [0.2, 0.25) is 5.91 Å². The minimum absolute atomic E-state index is 0.0677. The van der Waals surface area contributed by atoms with Crippen LogP contribution in [0.15, 0.2) is 24.3 Å². The number of urea groups is 1. The van der Waals surface area contributed by atoms with Crippen molar-refractivity contribution in [2.75, 3.05) is 6.54 Å². The lowest BCUT2D eigenvalue weighted by atomic mass is 10.2. The van der Waals surface area contributed by atoms with Gasteiger partial charge in [-0.15, -0.1) is 0 Å². The SMILES string of the molecule is CCn1c(CCNC(=O)C[C@@H]2NC(=O)NC2=O)nc2ccccc21. The van der Waals surface area contributed by atoms with Crippen molar-refractivity contribution in [1.82, 2.24) is 25.5 Å². The van der Waals surface area contributed by atoms with E-state index in [2.05, 4.69) is 32.4 Å². The summed E-state index contributed by atoms with van der Waals surface area (Å²) >= 11 is 0. The molecule has 0 spiro atoms. The molecule has 3 rings (SSSR count). The molecule has 1 atom stereocenters. The zero-order chi connectivity index (χ0) is 17.1. The third-order valence-electron chi connectivity index (χ3n) is 3.97. The van der Waals surface area contributed by atoms with Crippen LogP contribution in [0, 0.1) is 0 Å². The van der Waals surface area contributed by atoms with Crippen LogP contribution in [-0.4, -0.2) is 40.0 Å². The molecule has 1 saturated heterocycles. The molecule has 1 aliphatic heterocycles. The lowest BCUT2D eigenvalue weighted by Gasteiger charge is -2.09. The first-order valence-corrected chi connectivity index (χ1v) is 7.90. The Hall–Kier alpha value is -2.90. The van der Waals surface area contributed by atoms with Crippen LogP contribution in [-0.2, 0) is 22.6 Å². The number of amides is 4. The molecule has 0 aliphatic carbocycles. The number of hydrogen-bond acceptors (Lipinski definition) is 4. The monoisotopic (exact) mass is 329 g/mol. The quantitative estimate of drug-likeness (QED) is 0.663. The van der Waals surface area contributed by atoms with Crippen molar-refractivity contribution in [3.63, 3.8) is 0 Å². The van der Waals surface area contributed by atoms with Crippen LogP contribution in [0.5, 0.6) is 0 Å². The van der Waals surface area contributed by atoms with Gasteiger partial charge in [-0.3, -0.25) is 14.9 Å². The predicted octanol–water partition coefficient (Wildman–Crippen LogP) is 0.313. The first-order chi connectivity index (χ1) is 11.6. The molecule has 126 valence electrons. The molecule has 2 heterocycles. The Labute approximate surface area is 138 Å². The number of rotatable bonds is 6. The second-order valence-electron chi connectivity index (χ2n) is 5.58. The Morgan fingerprint density at radius 3 is 2.83 bits per heavy atom. The number of para-hydroxylation sites is 2. The van der Waals surface area contributed by atoms with Gasteiger partial charge in [0.1, 0.15) is 11.9 Å². The summed E-state index contributed by atoms with van der Waals surface area (Å²) in [5.41, 5.74) is 2.01. The highest BCUT2D eigenvalue weighted by molar-refractivity contribution is 6.05. The van der Waals surface area contributed by atoms with Crippen LogP contribution in [0.3, 0.4) is 0 Å². The van der Waals surface area contributed by atoms with Gasteiger partial charge >= 0.3 is 6.03 Å². The van der Waals surface area contributed by atoms with Crippen LogP contribution in [0.4, 0.5) is 4.79 Å². The van der Waals surface area contributed by atoms with Gasteiger partial charge in [0.25, 0.3) is 5.91 Å². The van der Waals surface area contributed by atoms with E-state index in [1.165, 1.54) is 0 Å². The summed E-state index contributed by atoms with van der Waals surface area (Å²) in [6, 6.07) is 6.55. The van der Waals surface area contributed by atoms with Gasteiger partial charge in [-0.05, 0) is 19.1 Å². The van der Waals surface area contributed by atoms with E-state index in [1.807, 2.05) is 24.3 Å². The normalized spacial score (nSPS) is 17.0. The molecule has 1 fully saturated rings. The summed E-state index contributed by atoms with van der Waals surface area (Å²) < 4.78 is 2.12. The molecular formula is C16H19N5O3. The van der Waals surface area contributed by atoms with E-state index in [9.17, 15) is 14.4 Å². The van der Waals surface area contributed by atoms with Crippen molar-refractivity contribution in [2.24, 2.45) is 0 Å². The summed E-state index contributed by atoms with van der Waals surface area (Å²) in [7, 11) is 0. The highest BCUT2D eigenvalue weighted by Gasteiger charge is 2.31.